The summed E-state index contributed by atoms with van der Waals surface area (Å²) in [7, 11) is -4.42. The van der Waals surface area contributed by atoms with E-state index in [1.54, 1.807) is 30.3 Å². The molecule has 0 aliphatic carbocycles. The number of carbonyl (C=O) groups is 1. The van der Waals surface area contributed by atoms with E-state index in [0.717, 1.165) is 12.1 Å². The predicted octanol–water partition coefficient (Wildman–Crippen LogP) is 5.49. The molecular formula is C25H23ClF3N3O4S. The number of alkyl halides is 3. The Morgan fingerprint density at radius 2 is 1.73 bits per heavy atom. The van der Waals surface area contributed by atoms with Crippen molar-refractivity contribution < 1.29 is 31.1 Å². The fraction of sp³-hybridized carbons (Fsp3) is 0.200. The Balaban J connectivity index is 1.85. The summed E-state index contributed by atoms with van der Waals surface area (Å²) in [5.41, 5.74) is 1.20. The number of hydrazone groups is 1. The number of hydrogen-bond acceptors (Lipinski definition) is 5. The number of anilines is 1. The van der Waals surface area contributed by atoms with Crippen LogP contribution in [0, 0.1) is 0 Å². The summed E-state index contributed by atoms with van der Waals surface area (Å²) in [4.78, 5) is 12.4. The van der Waals surface area contributed by atoms with E-state index in [1.807, 2.05) is 13.8 Å². The normalized spacial score (nSPS) is 12.1. The number of sulfonamides is 1. The number of ether oxygens (including phenoxy) is 1. The lowest BCUT2D eigenvalue weighted by Crippen LogP contribution is -2.39. The van der Waals surface area contributed by atoms with Crippen LogP contribution in [0.25, 0.3) is 0 Å². The quantitative estimate of drug-likeness (QED) is 0.280. The average molecular weight is 554 g/mol. The summed E-state index contributed by atoms with van der Waals surface area (Å²) in [5.74, 6) is -0.224. The first kappa shape index (κ1) is 28.0. The lowest BCUT2D eigenvalue weighted by atomic mass is 10.2. The first-order chi connectivity index (χ1) is 17.4. The van der Waals surface area contributed by atoms with Crippen molar-refractivity contribution in [1.82, 2.24) is 5.43 Å². The van der Waals surface area contributed by atoms with Crippen LogP contribution in [-0.4, -0.2) is 33.2 Å². The smallest absolute Gasteiger partial charge is 0.417 e. The van der Waals surface area contributed by atoms with Gasteiger partial charge < -0.3 is 4.74 Å². The van der Waals surface area contributed by atoms with Crippen LogP contribution in [0.1, 0.15) is 25.0 Å². The molecule has 0 radical (unpaired) electrons. The maximum Gasteiger partial charge on any atom is 0.417 e. The number of rotatable bonds is 9. The lowest BCUT2D eigenvalue weighted by Gasteiger charge is -2.24. The maximum atomic E-state index is 13.4. The van der Waals surface area contributed by atoms with Crippen LogP contribution >= 0.6 is 11.6 Å². The van der Waals surface area contributed by atoms with Gasteiger partial charge in [-0.25, -0.2) is 13.8 Å². The van der Waals surface area contributed by atoms with Crippen LogP contribution < -0.4 is 14.5 Å². The van der Waals surface area contributed by atoms with Gasteiger partial charge in [0.05, 0.1) is 33.5 Å². The molecule has 196 valence electrons. The molecule has 0 unspecified atom stereocenters. The number of benzene rings is 3. The lowest BCUT2D eigenvalue weighted by molar-refractivity contribution is -0.137. The monoisotopic (exact) mass is 553 g/mol. The molecule has 1 amide bonds. The Kier molecular flexibility index (Phi) is 8.82. The van der Waals surface area contributed by atoms with Crippen molar-refractivity contribution in [3.05, 3.63) is 88.9 Å². The van der Waals surface area contributed by atoms with Crippen LogP contribution in [0.4, 0.5) is 18.9 Å². The molecule has 0 saturated heterocycles. The molecule has 37 heavy (non-hydrogen) atoms. The fourth-order valence-electron chi connectivity index (χ4n) is 3.17. The van der Waals surface area contributed by atoms with Crippen LogP contribution in [0.3, 0.4) is 0 Å². The van der Waals surface area contributed by atoms with Gasteiger partial charge in [-0.1, -0.05) is 29.8 Å². The Bertz CT molecular complexity index is 1360. The van der Waals surface area contributed by atoms with Crippen molar-refractivity contribution in [2.45, 2.75) is 31.0 Å². The van der Waals surface area contributed by atoms with Gasteiger partial charge in [0.2, 0.25) is 0 Å². The second-order valence-corrected chi connectivity index (χ2v) is 10.3. The molecule has 3 aromatic rings. The van der Waals surface area contributed by atoms with Crippen molar-refractivity contribution in [2.24, 2.45) is 5.10 Å². The van der Waals surface area contributed by atoms with Crippen molar-refractivity contribution in [1.29, 1.82) is 0 Å². The molecule has 0 aromatic heterocycles. The van der Waals surface area contributed by atoms with Gasteiger partial charge in [0.15, 0.2) is 0 Å². The van der Waals surface area contributed by atoms with Crippen molar-refractivity contribution in [3.63, 3.8) is 0 Å². The molecule has 0 aliphatic rings. The Hall–Kier alpha value is -3.57. The molecule has 0 bridgehead atoms. The summed E-state index contributed by atoms with van der Waals surface area (Å²) in [5, 5.41) is 3.21. The molecule has 0 aliphatic heterocycles. The molecule has 1 N–H and O–H groups in total. The molecule has 3 rings (SSSR count). The minimum atomic E-state index is -4.84. The zero-order valence-corrected chi connectivity index (χ0v) is 21.3. The van der Waals surface area contributed by atoms with Crippen LogP contribution in [0.2, 0.25) is 5.02 Å². The average Bonchev–Trinajstić information content (AvgIpc) is 2.83. The molecule has 0 saturated carbocycles. The van der Waals surface area contributed by atoms with E-state index in [-0.39, 0.29) is 16.7 Å². The number of amides is 1. The van der Waals surface area contributed by atoms with Gasteiger partial charge in [0, 0.05) is 0 Å². The third-order valence-electron chi connectivity index (χ3n) is 4.82. The Morgan fingerprint density at radius 1 is 1.08 bits per heavy atom. The minimum absolute atomic E-state index is 0.00164. The molecule has 7 nitrogen and oxygen atoms in total. The first-order valence-corrected chi connectivity index (χ1v) is 12.7. The van der Waals surface area contributed by atoms with Crippen LogP contribution in [-0.2, 0) is 21.0 Å². The van der Waals surface area contributed by atoms with Crippen molar-refractivity contribution >= 4 is 39.4 Å². The molecule has 3 aromatic carbocycles. The van der Waals surface area contributed by atoms with E-state index < -0.39 is 39.2 Å². The molecule has 0 atom stereocenters. The highest BCUT2D eigenvalue weighted by molar-refractivity contribution is 7.92. The minimum Gasteiger partial charge on any atom is -0.491 e. The van der Waals surface area contributed by atoms with E-state index in [0.29, 0.717) is 21.7 Å². The SMILES string of the molecule is CC(C)Oc1ccc(/C=N\NC(=O)CN(c2ccc(Cl)c(C(F)(F)F)c2)S(=O)(=O)c2ccccc2)cc1. The molecule has 0 spiro atoms. The van der Waals surface area contributed by atoms with Gasteiger partial charge in [-0.15, -0.1) is 0 Å². The summed E-state index contributed by atoms with van der Waals surface area (Å²) in [6.45, 7) is 2.94. The topological polar surface area (TPSA) is 88.1 Å². The summed E-state index contributed by atoms with van der Waals surface area (Å²) in [6, 6.07) is 16.5. The number of hydrogen-bond donors (Lipinski definition) is 1. The first-order valence-electron chi connectivity index (χ1n) is 10.9. The molecule has 12 heteroatoms. The van der Waals surface area contributed by atoms with Gasteiger partial charge >= 0.3 is 6.18 Å². The van der Waals surface area contributed by atoms with Gasteiger partial charge in [-0.05, 0) is 74.0 Å². The number of carbonyl (C=O) groups excluding carboxylic acids is 1. The fourth-order valence-corrected chi connectivity index (χ4v) is 4.83. The summed E-state index contributed by atoms with van der Waals surface area (Å²) >= 11 is 5.69. The number of nitrogens with zero attached hydrogens (tertiary/aromatic N) is 2. The summed E-state index contributed by atoms with van der Waals surface area (Å²) < 4.78 is 73.0. The number of halogens is 4. The zero-order chi connectivity index (χ0) is 27.2. The highest BCUT2D eigenvalue weighted by atomic mass is 35.5. The van der Waals surface area contributed by atoms with Crippen LogP contribution in [0.5, 0.6) is 5.75 Å². The molecule has 0 fully saturated rings. The Labute approximate surface area is 217 Å². The second-order valence-electron chi connectivity index (χ2n) is 8.02. The van der Waals surface area contributed by atoms with Crippen LogP contribution in [0.15, 0.2) is 82.8 Å². The van der Waals surface area contributed by atoms with Crippen molar-refractivity contribution in [2.75, 3.05) is 10.8 Å². The largest absolute Gasteiger partial charge is 0.491 e. The highest BCUT2D eigenvalue weighted by Crippen LogP contribution is 2.38. The third-order valence-corrected chi connectivity index (χ3v) is 6.93. The van der Waals surface area contributed by atoms with Gasteiger partial charge in [-0.2, -0.15) is 18.3 Å². The summed E-state index contributed by atoms with van der Waals surface area (Å²) in [6.07, 6.45) is -3.50. The highest BCUT2D eigenvalue weighted by Gasteiger charge is 2.35. The van der Waals surface area contributed by atoms with E-state index in [4.69, 9.17) is 16.3 Å². The van der Waals surface area contributed by atoms with Gasteiger partial charge in [0.25, 0.3) is 15.9 Å². The van der Waals surface area contributed by atoms with E-state index in [1.165, 1.54) is 30.5 Å². The van der Waals surface area contributed by atoms with E-state index >= 15 is 0 Å². The standard InChI is InChI=1S/C25H23ClF3N3O4S/c1-17(2)36-20-11-8-18(9-12-20)15-30-31-24(33)16-32(37(34,35)21-6-4-3-5-7-21)19-10-13-23(26)22(14-19)25(27,28)29/h3-15,17H,16H2,1-2H3,(H,31,33)/b30-15-. The van der Waals surface area contributed by atoms with Gasteiger partial charge in [0.1, 0.15) is 12.3 Å². The molecular weight excluding hydrogens is 531 g/mol. The Morgan fingerprint density at radius 3 is 2.32 bits per heavy atom. The maximum absolute atomic E-state index is 13.4. The van der Waals surface area contributed by atoms with Crippen molar-refractivity contribution in [3.8, 4) is 5.75 Å². The van der Waals surface area contributed by atoms with Gasteiger partial charge in [-0.3, -0.25) is 9.10 Å². The van der Waals surface area contributed by atoms with E-state index in [9.17, 15) is 26.4 Å². The zero-order valence-electron chi connectivity index (χ0n) is 19.7. The van der Waals surface area contributed by atoms with E-state index in [2.05, 4.69) is 10.5 Å². The second kappa shape index (κ2) is 11.7. The predicted molar refractivity (Wildman–Crippen MR) is 135 cm³/mol. The molecule has 0 heterocycles. The third kappa shape index (κ3) is 7.46. The number of nitrogens with one attached hydrogen (secondary N) is 1.